The molecule has 2 fully saturated rings. The van der Waals surface area contributed by atoms with Crippen LogP contribution in [0.4, 0.5) is 4.79 Å². The molecule has 150 valence electrons. The van der Waals surface area contributed by atoms with Crippen LogP contribution in [-0.4, -0.2) is 53.5 Å². The maximum absolute atomic E-state index is 13.0. The summed E-state index contributed by atoms with van der Waals surface area (Å²) >= 11 is 0. The Morgan fingerprint density at radius 3 is 2.21 bits per heavy atom. The number of hydrogen-bond acceptors (Lipinski definition) is 4. The molecule has 29 heavy (non-hydrogen) atoms. The predicted molar refractivity (Wildman–Crippen MR) is 106 cm³/mol. The number of carboxylic acid groups (broad SMARTS) is 1. The fourth-order valence-corrected chi connectivity index (χ4v) is 5.15. The number of hydrogen-bond donors (Lipinski definition) is 1. The molecule has 0 saturated carbocycles. The molecular weight excluding hydrogens is 370 g/mol. The number of amides is 1. The molecule has 1 unspecified atom stereocenters. The lowest BCUT2D eigenvalue weighted by Gasteiger charge is -2.57. The summed E-state index contributed by atoms with van der Waals surface area (Å²) in [4.78, 5) is 26.1. The minimum atomic E-state index is -0.976. The average molecular weight is 393 g/mol. The number of aliphatic carboxylic acids is 1. The number of carbonyl (C=O) groups is 2. The van der Waals surface area contributed by atoms with Crippen molar-refractivity contribution in [3.63, 3.8) is 0 Å². The normalized spacial score (nSPS) is 21.9. The Labute approximate surface area is 169 Å². The molecule has 0 radical (unpaired) electrons. The highest BCUT2D eigenvalue weighted by Crippen LogP contribution is 2.46. The number of rotatable bonds is 3. The van der Waals surface area contributed by atoms with Crippen LogP contribution in [0.5, 0.6) is 0 Å². The van der Waals surface area contributed by atoms with Gasteiger partial charge in [0.05, 0.1) is 5.54 Å². The second-order valence-electron chi connectivity index (χ2n) is 8.07. The van der Waals surface area contributed by atoms with Gasteiger partial charge in [-0.15, -0.1) is 0 Å². The van der Waals surface area contributed by atoms with Crippen molar-refractivity contribution in [3.8, 4) is 11.1 Å². The lowest BCUT2D eigenvalue weighted by Crippen LogP contribution is -2.71. The van der Waals surface area contributed by atoms with E-state index in [1.165, 1.54) is 4.90 Å². The number of carbonyl (C=O) groups excluding carboxylic acids is 1. The van der Waals surface area contributed by atoms with E-state index in [0.717, 1.165) is 22.3 Å². The Morgan fingerprint density at radius 2 is 1.62 bits per heavy atom. The maximum Gasteiger partial charge on any atom is 0.411 e. The second kappa shape index (κ2) is 6.88. The topological polar surface area (TPSA) is 76.1 Å². The van der Waals surface area contributed by atoms with E-state index in [2.05, 4.69) is 24.3 Å². The molecule has 1 N–H and O–H groups in total. The Hall–Kier alpha value is -2.86. The molecule has 6 nitrogen and oxygen atoms in total. The zero-order valence-corrected chi connectivity index (χ0v) is 16.0. The Kier molecular flexibility index (Phi) is 4.32. The van der Waals surface area contributed by atoms with E-state index in [0.29, 0.717) is 32.5 Å². The lowest BCUT2D eigenvalue weighted by atomic mass is 9.73. The Balaban J connectivity index is 1.37. The molecule has 2 heterocycles. The van der Waals surface area contributed by atoms with Crippen LogP contribution in [0.2, 0.25) is 0 Å². The molecule has 1 amide bonds. The Morgan fingerprint density at radius 1 is 1.03 bits per heavy atom. The summed E-state index contributed by atoms with van der Waals surface area (Å²) < 4.78 is 11.2. The first-order valence-corrected chi connectivity index (χ1v) is 10.1. The second-order valence-corrected chi connectivity index (χ2v) is 8.07. The summed E-state index contributed by atoms with van der Waals surface area (Å²) in [6, 6.07) is 15.5. The van der Waals surface area contributed by atoms with Crippen LogP contribution >= 0.6 is 0 Å². The first-order chi connectivity index (χ1) is 14.1. The first-order valence-electron chi connectivity index (χ1n) is 10.1. The van der Waals surface area contributed by atoms with Gasteiger partial charge in [-0.1, -0.05) is 48.5 Å². The predicted octanol–water partition coefficient (Wildman–Crippen LogP) is 3.64. The van der Waals surface area contributed by atoms with Gasteiger partial charge < -0.3 is 14.6 Å². The molecular formula is C23H23NO5. The van der Waals surface area contributed by atoms with E-state index in [1.807, 2.05) is 24.3 Å². The standard InChI is InChI=1S/C23H23NO5/c25-21(26)20-13-23(9-11-28-12-10-23)24(20)22(27)29-14-19-17-7-3-1-5-15(17)16-6-2-4-8-18(16)19/h1-8,19-20H,9-14H2,(H,25,26). The van der Waals surface area contributed by atoms with E-state index >= 15 is 0 Å². The maximum atomic E-state index is 13.0. The minimum Gasteiger partial charge on any atom is -0.480 e. The number of fused-ring (bicyclic) bond motifs is 3. The van der Waals surface area contributed by atoms with Crippen molar-refractivity contribution in [2.75, 3.05) is 19.8 Å². The molecule has 1 spiro atoms. The van der Waals surface area contributed by atoms with Crippen molar-refractivity contribution in [2.24, 2.45) is 0 Å². The molecule has 6 heteroatoms. The molecule has 2 saturated heterocycles. The van der Waals surface area contributed by atoms with E-state index in [9.17, 15) is 14.7 Å². The SMILES string of the molecule is O=C(O)C1CC2(CCOCC2)N1C(=O)OCC1c2ccccc2-c2ccccc21. The number of benzene rings is 2. The van der Waals surface area contributed by atoms with Crippen LogP contribution in [0.15, 0.2) is 48.5 Å². The van der Waals surface area contributed by atoms with Crippen LogP contribution in [0.1, 0.15) is 36.3 Å². The van der Waals surface area contributed by atoms with Gasteiger partial charge in [0.2, 0.25) is 0 Å². The largest absolute Gasteiger partial charge is 0.480 e. The molecule has 2 aromatic carbocycles. The molecule has 2 aromatic rings. The van der Waals surface area contributed by atoms with Crippen molar-refractivity contribution in [1.29, 1.82) is 0 Å². The van der Waals surface area contributed by atoms with Gasteiger partial charge in [0.1, 0.15) is 12.6 Å². The van der Waals surface area contributed by atoms with Gasteiger partial charge >= 0.3 is 12.1 Å². The van der Waals surface area contributed by atoms with Gasteiger partial charge in [0.15, 0.2) is 0 Å². The average Bonchev–Trinajstić information content (AvgIpc) is 3.05. The van der Waals surface area contributed by atoms with Crippen molar-refractivity contribution in [3.05, 3.63) is 59.7 Å². The molecule has 0 bridgehead atoms. The highest BCUT2D eigenvalue weighted by Gasteiger charge is 2.58. The van der Waals surface area contributed by atoms with Crippen molar-refractivity contribution in [1.82, 2.24) is 4.90 Å². The van der Waals surface area contributed by atoms with Crippen LogP contribution in [0.25, 0.3) is 11.1 Å². The summed E-state index contributed by atoms with van der Waals surface area (Å²) in [6.45, 7) is 1.28. The summed E-state index contributed by atoms with van der Waals surface area (Å²) in [5.41, 5.74) is 4.17. The van der Waals surface area contributed by atoms with Crippen LogP contribution in [0.3, 0.4) is 0 Å². The van der Waals surface area contributed by atoms with Gasteiger partial charge in [-0.25, -0.2) is 9.59 Å². The summed E-state index contributed by atoms with van der Waals surface area (Å²) in [7, 11) is 0. The third kappa shape index (κ3) is 2.82. The molecule has 1 aliphatic carbocycles. The van der Waals surface area contributed by atoms with Gasteiger partial charge in [0.25, 0.3) is 0 Å². The van der Waals surface area contributed by atoms with Crippen LogP contribution < -0.4 is 0 Å². The zero-order chi connectivity index (χ0) is 20.0. The van der Waals surface area contributed by atoms with Crippen molar-refractivity contribution in [2.45, 2.75) is 36.8 Å². The number of carboxylic acids is 1. The molecule has 0 aromatic heterocycles. The highest BCUT2D eigenvalue weighted by atomic mass is 16.6. The van der Waals surface area contributed by atoms with Crippen molar-refractivity contribution >= 4 is 12.1 Å². The van der Waals surface area contributed by atoms with Crippen molar-refractivity contribution < 1.29 is 24.2 Å². The molecule has 5 rings (SSSR count). The molecule has 1 atom stereocenters. The fourth-order valence-electron chi connectivity index (χ4n) is 5.15. The molecule has 2 aliphatic heterocycles. The minimum absolute atomic E-state index is 0.0402. The monoisotopic (exact) mass is 393 g/mol. The fraction of sp³-hybridized carbons (Fsp3) is 0.391. The van der Waals surface area contributed by atoms with E-state index in [1.54, 1.807) is 0 Å². The zero-order valence-electron chi connectivity index (χ0n) is 16.0. The molecule has 3 aliphatic rings. The summed E-state index contributed by atoms with van der Waals surface area (Å²) in [5, 5.41) is 9.53. The lowest BCUT2D eigenvalue weighted by molar-refractivity contribution is -0.166. The van der Waals surface area contributed by atoms with Gasteiger partial charge in [-0.3, -0.25) is 4.90 Å². The summed E-state index contributed by atoms with van der Waals surface area (Å²) in [5.74, 6) is -1.02. The quantitative estimate of drug-likeness (QED) is 0.862. The smallest absolute Gasteiger partial charge is 0.411 e. The Bertz CT molecular complexity index is 920. The third-order valence-electron chi connectivity index (χ3n) is 6.64. The summed E-state index contributed by atoms with van der Waals surface area (Å²) in [6.07, 6.45) is 1.24. The number of nitrogens with zero attached hydrogens (tertiary/aromatic N) is 1. The van der Waals surface area contributed by atoms with E-state index in [-0.39, 0.29) is 12.5 Å². The number of ether oxygens (including phenoxy) is 2. The van der Waals surface area contributed by atoms with Gasteiger partial charge in [0, 0.05) is 25.6 Å². The van der Waals surface area contributed by atoms with Crippen LogP contribution in [-0.2, 0) is 14.3 Å². The van der Waals surface area contributed by atoms with Crippen LogP contribution in [0, 0.1) is 0 Å². The van der Waals surface area contributed by atoms with Gasteiger partial charge in [-0.2, -0.15) is 0 Å². The van der Waals surface area contributed by atoms with Gasteiger partial charge in [-0.05, 0) is 35.1 Å². The first kappa shape index (κ1) is 18.2. The van der Waals surface area contributed by atoms with E-state index in [4.69, 9.17) is 9.47 Å². The highest BCUT2D eigenvalue weighted by molar-refractivity contribution is 5.84. The van der Waals surface area contributed by atoms with E-state index < -0.39 is 23.6 Å². The number of likely N-dealkylation sites (tertiary alicyclic amines) is 1. The third-order valence-corrected chi connectivity index (χ3v) is 6.64.